The Labute approximate surface area is 123 Å². The second-order valence-corrected chi connectivity index (χ2v) is 14.0. The van der Waals surface area contributed by atoms with Crippen molar-refractivity contribution in [3.63, 3.8) is 0 Å². The molecule has 3 N–H and O–H groups in total. The van der Waals surface area contributed by atoms with E-state index in [-0.39, 0.29) is 0 Å². The lowest BCUT2D eigenvalue weighted by molar-refractivity contribution is -0.115. The SMILES string of the molecule is CCC(C)CCNCC(C)(C(=O)P(=O)(O)O)[Si](C)(C)C. The van der Waals surface area contributed by atoms with Gasteiger partial charge in [-0.2, -0.15) is 0 Å². The van der Waals surface area contributed by atoms with Crippen LogP contribution in [0.1, 0.15) is 33.6 Å². The molecule has 0 aliphatic heterocycles. The zero-order valence-corrected chi connectivity index (χ0v) is 15.5. The molecule has 0 spiro atoms. The Kier molecular flexibility index (Phi) is 7.32. The summed E-state index contributed by atoms with van der Waals surface area (Å²) in [7, 11) is -6.77. The summed E-state index contributed by atoms with van der Waals surface area (Å²) >= 11 is 0. The van der Waals surface area contributed by atoms with Crippen LogP contribution < -0.4 is 5.32 Å². The largest absolute Gasteiger partial charge is 0.391 e. The Morgan fingerprint density at radius 2 is 1.85 bits per heavy atom. The fourth-order valence-electron chi connectivity index (χ4n) is 1.87. The molecule has 0 aromatic heterocycles. The Balaban J connectivity index is 4.85. The van der Waals surface area contributed by atoms with E-state index < -0.39 is 26.2 Å². The van der Waals surface area contributed by atoms with Crippen molar-refractivity contribution in [2.75, 3.05) is 13.1 Å². The third kappa shape index (κ3) is 5.41. The maximum Gasteiger partial charge on any atom is 0.391 e. The van der Waals surface area contributed by atoms with Gasteiger partial charge < -0.3 is 15.1 Å². The molecule has 0 fully saturated rings. The van der Waals surface area contributed by atoms with Crippen LogP contribution in [-0.2, 0) is 9.36 Å². The molecule has 0 aromatic rings. The zero-order chi connectivity index (χ0) is 16.2. The molecule has 0 amide bonds. The highest BCUT2D eigenvalue weighted by molar-refractivity contribution is 7.70. The quantitative estimate of drug-likeness (QED) is 0.345. The monoisotopic (exact) mass is 323 g/mol. The first-order valence-electron chi connectivity index (χ1n) is 7.17. The number of carbonyl (C=O) groups excluding carboxylic acids is 1. The van der Waals surface area contributed by atoms with E-state index in [9.17, 15) is 19.1 Å². The lowest BCUT2D eigenvalue weighted by Crippen LogP contribution is -2.49. The van der Waals surface area contributed by atoms with Crippen molar-refractivity contribution < 1.29 is 19.1 Å². The average Bonchev–Trinajstić information content (AvgIpc) is 2.30. The van der Waals surface area contributed by atoms with Crippen LogP contribution in [-0.4, -0.2) is 36.5 Å². The predicted molar refractivity (Wildman–Crippen MR) is 85.7 cm³/mol. The molecular weight excluding hydrogens is 293 g/mol. The second-order valence-electron chi connectivity index (χ2n) is 6.91. The van der Waals surface area contributed by atoms with Crippen molar-refractivity contribution in [2.24, 2.45) is 5.92 Å². The van der Waals surface area contributed by atoms with Crippen molar-refractivity contribution in [3.8, 4) is 0 Å². The summed E-state index contributed by atoms with van der Waals surface area (Å²) in [6.07, 6.45) is 2.11. The van der Waals surface area contributed by atoms with Gasteiger partial charge in [-0.15, -0.1) is 0 Å². The molecule has 0 saturated carbocycles. The van der Waals surface area contributed by atoms with Crippen molar-refractivity contribution in [1.82, 2.24) is 5.32 Å². The Hall–Kier alpha value is -0.00312. The number of nitrogens with one attached hydrogen (secondary N) is 1. The molecule has 0 saturated heterocycles. The van der Waals surface area contributed by atoms with Gasteiger partial charge in [-0.25, -0.2) is 0 Å². The van der Waals surface area contributed by atoms with Crippen LogP contribution >= 0.6 is 7.60 Å². The summed E-state index contributed by atoms with van der Waals surface area (Å²) < 4.78 is 11.4. The molecule has 0 rings (SSSR count). The van der Waals surface area contributed by atoms with Crippen molar-refractivity contribution in [1.29, 1.82) is 0 Å². The fraction of sp³-hybridized carbons (Fsp3) is 0.923. The van der Waals surface area contributed by atoms with Crippen molar-refractivity contribution >= 4 is 21.2 Å². The number of carbonyl (C=O) groups is 1. The molecule has 2 unspecified atom stereocenters. The zero-order valence-electron chi connectivity index (χ0n) is 13.6. The molecule has 0 aliphatic carbocycles. The highest BCUT2D eigenvalue weighted by atomic mass is 31.2. The molecule has 2 atom stereocenters. The molecule has 120 valence electrons. The molecule has 0 heterocycles. The molecule has 0 bridgehead atoms. The highest BCUT2D eigenvalue weighted by Gasteiger charge is 2.51. The maximum absolute atomic E-state index is 12.1. The number of rotatable bonds is 9. The van der Waals surface area contributed by atoms with Gasteiger partial charge in [0.1, 0.15) is 0 Å². The average molecular weight is 323 g/mol. The van der Waals surface area contributed by atoms with Crippen molar-refractivity contribution in [2.45, 2.75) is 58.3 Å². The second kappa shape index (κ2) is 7.32. The molecule has 0 radical (unpaired) electrons. The lowest BCUT2D eigenvalue weighted by atomic mass is 10.1. The van der Waals surface area contributed by atoms with E-state index in [0.29, 0.717) is 12.5 Å². The van der Waals surface area contributed by atoms with Crippen LogP contribution in [0.2, 0.25) is 24.7 Å². The minimum absolute atomic E-state index is 0.336. The Morgan fingerprint density at radius 3 is 2.20 bits per heavy atom. The normalized spacial score (nSPS) is 17.6. The Bertz CT molecular complexity index is 377. The van der Waals surface area contributed by atoms with Gasteiger partial charge >= 0.3 is 7.60 Å². The molecule has 0 aromatic carbocycles. The van der Waals surface area contributed by atoms with Crippen LogP contribution in [0.15, 0.2) is 0 Å². The fourth-order valence-corrected chi connectivity index (χ4v) is 5.34. The van der Waals surface area contributed by atoms with E-state index in [1.165, 1.54) is 0 Å². The minimum Gasteiger partial charge on any atom is -0.319 e. The number of hydrogen-bond acceptors (Lipinski definition) is 3. The van der Waals surface area contributed by atoms with Crippen LogP contribution in [0, 0.1) is 5.92 Å². The Morgan fingerprint density at radius 1 is 1.35 bits per heavy atom. The van der Waals surface area contributed by atoms with E-state index in [1.807, 2.05) is 19.6 Å². The maximum atomic E-state index is 12.1. The topological polar surface area (TPSA) is 86.6 Å². The van der Waals surface area contributed by atoms with Crippen molar-refractivity contribution in [3.05, 3.63) is 0 Å². The first kappa shape index (κ1) is 20.0. The van der Waals surface area contributed by atoms with Crippen LogP contribution in [0.25, 0.3) is 0 Å². The van der Waals surface area contributed by atoms with Crippen LogP contribution in [0.5, 0.6) is 0 Å². The van der Waals surface area contributed by atoms with Gasteiger partial charge in [0.2, 0.25) is 5.52 Å². The summed E-state index contributed by atoms with van der Waals surface area (Å²) in [6, 6.07) is 0. The predicted octanol–water partition coefficient (Wildman–Crippen LogP) is 2.82. The van der Waals surface area contributed by atoms with E-state index in [0.717, 1.165) is 19.4 Å². The van der Waals surface area contributed by atoms with E-state index >= 15 is 0 Å². The van der Waals surface area contributed by atoms with Gasteiger partial charge in [0.05, 0.1) is 8.07 Å². The summed E-state index contributed by atoms with van der Waals surface area (Å²) in [5, 5.41) is 2.26. The van der Waals surface area contributed by atoms with Gasteiger partial charge in [0.25, 0.3) is 0 Å². The lowest BCUT2D eigenvalue weighted by Gasteiger charge is -2.39. The third-order valence-corrected chi connectivity index (χ3v) is 9.33. The van der Waals surface area contributed by atoms with Crippen LogP contribution in [0.3, 0.4) is 0 Å². The summed E-state index contributed by atoms with van der Waals surface area (Å²) in [4.78, 5) is 30.6. The first-order valence-corrected chi connectivity index (χ1v) is 12.3. The standard InChI is InChI=1S/C13H30NO4PSi/c1-7-11(2)8-9-14-10-13(3,20(4,5)6)12(15)19(16,17)18/h11,14H,7-10H2,1-6H3,(H2,16,17,18). The third-order valence-electron chi connectivity index (χ3n) is 4.38. The summed E-state index contributed by atoms with van der Waals surface area (Å²) in [6.45, 7) is 13.0. The highest BCUT2D eigenvalue weighted by Crippen LogP contribution is 2.51. The molecular formula is C13H30NO4PSi. The van der Waals surface area contributed by atoms with Gasteiger partial charge in [0, 0.05) is 11.6 Å². The molecule has 5 nitrogen and oxygen atoms in total. The smallest absolute Gasteiger partial charge is 0.319 e. The van der Waals surface area contributed by atoms with Gasteiger partial charge in [-0.1, -0.05) is 46.8 Å². The molecule has 0 aliphatic rings. The van der Waals surface area contributed by atoms with E-state index in [2.05, 4.69) is 19.2 Å². The summed E-state index contributed by atoms with van der Waals surface area (Å²) in [5.74, 6) is 0.609. The minimum atomic E-state index is -4.69. The summed E-state index contributed by atoms with van der Waals surface area (Å²) in [5.41, 5.74) is -0.916. The van der Waals surface area contributed by atoms with E-state index in [4.69, 9.17) is 0 Å². The van der Waals surface area contributed by atoms with E-state index in [1.54, 1.807) is 6.92 Å². The molecule has 7 heteroatoms. The van der Waals surface area contributed by atoms with Gasteiger partial charge in [-0.3, -0.25) is 9.36 Å². The van der Waals surface area contributed by atoms with Crippen LogP contribution in [0.4, 0.5) is 0 Å². The van der Waals surface area contributed by atoms with Gasteiger partial charge in [-0.05, 0) is 18.9 Å². The first-order chi connectivity index (χ1) is 8.86. The molecule has 20 heavy (non-hydrogen) atoms. The van der Waals surface area contributed by atoms with Gasteiger partial charge in [0.15, 0.2) is 0 Å². The number of hydrogen-bond donors (Lipinski definition) is 3.